The van der Waals surface area contributed by atoms with Gasteiger partial charge >= 0.3 is 14.2 Å². The summed E-state index contributed by atoms with van der Waals surface area (Å²) in [7, 11) is -0.979. The van der Waals surface area contributed by atoms with E-state index in [0.717, 1.165) is 22.1 Å². The van der Waals surface area contributed by atoms with Crippen molar-refractivity contribution in [3.05, 3.63) is 58.9 Å². The van der Waals surface area contributed by atoms with E-state index in [9.17, 15) is 4.39 Å². The lowest BCUT2D eigenvalue weighted by Gasteiger charge is -2.43. The van der Waals surface area contributed by atoms with E-state index in [1.165, 1.54) is 17.7 Å². The first-order valence-corrected chi connectivity index (χ1v) is 9.63. The molecule has 0 N–H and O–H groups in total. The zero-order valence-electron chi connectivity index (χ0n) is 17.0. The highest BCUT2D eigenvalue weighted by atomic mass is 19.1. The summed E-state index contributed by atoms with van der Waals surface area (Å²) in [6, 6.07) is 10.9. The van der Waals surface area contributed by atoms with Crippen molar-refractivity contribution in [2.24, 2.45) is 0 Å². The molecule has 7 heteroatoms. The fourth-order valence-corrected chi connectivity index (χ4v) is 3.54. The number of benzene rings is 2. The molecule has 0 saturated heterocycles. The van der Waals surface area contributed by atoms with Crippen LogP contribution in [0.2, 0.25) is 0 Å². The number of hydrogen-bond acceptors (Lipinski definition) is 4. The molecule has 0 spiro atoms. The van der Waals surface area contributed by atoms with Gasteiger partial charge in [-0.15, -0.1) is 0 Å². The summed E-state index contributed by atoms with van der Waals surface area (Å²) >= 11 is 0. The van der Waals surface area contributed by atoms with E-state index in [2.05, 4.69) is 25.1 Å². The van der Waals surface area contributed by atoms with Crippen LogP contribution in [-0.2, 0) is 31.8 Å². The largest absolute Gasteiger partial charge is 0.494 e. The Morgan fingerprint density at radius 1 is 0.821 bits per heavy atom. The maximum atomic E-state index is 13.5. The Morgan fingerprint density at radius 2 is 1.32 bits per heavy atom. The van der Waals surface area contributed by atoms with Gasteiger partial charge in [0.1, 0.15) is 5.82 Å². The van der Waals surface area contributed by atoms with Gasteiger partial charge in [0.05, 0.1) is 24.4 Å². The smallest absolute Gasteiger partial charge is 0.403 e. The zero-order valence-corrected chi connectivity index (χ0v) is 17.0. The van der Waals surface area contributed by atoms with Crippen LogP contribution in [0.1, 0.15) is 44.4 Å². The van der Waals surface area contributed by atoms with Gasteiger partial charge in [-0.05, 0) is 68.8 Å². The first-order chi connectivity index (χ1) is 13.2. The van der Waals surface area contributed by atoms with Gasteiger partial charge in [0.25, 0.3) is 0 Å². The molecule has 0 radical (unpaired) electrons. The average molecular weight is 382 g/mol. The standard InChI is InChI=1S/C21H25B2FO4/c1-14-6-8-18-15(10-14)12-25-22(18)27-20(2,3)21(4,5)28-23-19-9-7-17(24)11-16(19)13-26-23/h6-11H,12-13H2,1-5H3. The van der Waals surface area contributed by atoms with E-state index < -0.39 is 25.4 Å². The van der Waals surface area contributed by atoms with Crippen molar-refractivity contribution in [1.82, 2.24) is 0 Å². The van der Waals surface area contributed by atoms with E-state index in [-0.39, 0.29) is 5.82 Å². The molecule has 146 valence electrons. The molecule has 0 saturated carbocycles. The Balaban J connectivity index is 1.50. The normalized spacial score (nSPS) is 16.5. The molecule has 2 aliphatic heterocycles. The highest BCUT2D eigenvalue weighted by Gasteiger charge is 2.48. The van der Waals surface area contributed by atoms with Crippen molar-refractivity contribution < 1.29 is 23.0 Å². The highest BCUT2D eigenvalue weighted by Crippen LogP contribution is 2.32. The summed E-state index contributed by atoms with van der Waals surface area (Å²) in [5, 5.41) is 0. The average Bonchev–Trinajstić information content (AvgIpc) is 3.18. The van der Waals surface area contributed by atoms with Gasteiger partial charge in [0, 0.05) is 0 Å². The van der Waals surface area contributed by atoms with E-state index in [4.69, 9.17) is 18.6 Å². The van der Waals surface area contributed by atoms with E-state index in [1.54, 1.807) is 6.07 Å². The van der Waals surface area contributed by atoms with Crippen LogP contribution in [0.15, 0.2) is 36.4 Å². The molecule has 0 unspecified atom stereocenters. The Morgan fingerprint density at radius 3 is 1.89 bits per heavy atom. The minimum absolute atomic E-state index is 0.266. The molecule has 0 bridgehead atoms. The quantitative estimate of drug-likeness (QED) is 0.746. The minimum atomic E-state index is -0.690. The fraction of sp³-hybridized carbons (Fsp3) is 0.429. The van der Waals surface area contributed by atoms with Crippen molar-refractivity contribution in [2.75, 3.05) is 0 Å². The monoisotopic (exact) mass is 382 g/mol. The summed E-state index contributed by atoms with van der Waals surface area (Å²) in [5.41, 5.74) is 3.76. The number of aryl methyl sites for hydroxylation is 1. The summed E-state index contributed by atoms with van der Waals surface area (Å²) in [6.45, 7) is 10.9. The van der Waals surface area contributed by atoms with Gasteiger partial charge in [-0.1, -0.05) is 29.8 Å². The zero-order chi connectivity index (χ0) is 20.1. The minimum Gasteiger partial charge on any atom is -0.403 e. The van der Waals surface area contributed by atoms with Crippen molar-refractivity contribution in [3.8, 4) is 0 Å². The van der Waals surface area contributed by atoms with Crippen molar-refractivity contribution in [3.63, 3.8) is 0 Å². The maximum Gasteiger partial charge on any atom is 0.494 e. The molecule has 0 atom stereocenters. The summed E-state index contributed by atoms with van der Waals surface area (Å²) < 4.78 is 37.8. The van der Waals surface area contributed by atoms with Gasteiger partial charge < -0.3 is 18.6 Å². The van der Waals surface area contributed by atoms with Gasteiger partial charge in [0.2, 0.25) is 0 Å². The topological polar surface area (TPSA) is 36.9 Å². The molecular weight excluding hydrogens is 357 g/mol. The maximum absolute atomic E-state index is 13.5. The first kappa shape index (κ1) is 19.6. The summed E-state index contributed by atoms with van der Waals surface area (Å²) in [6.07, 6.45) is 0. The van der Waals surface area contributed by atoms with Gasteiger partial charge in [0.15, 0.2) is 0 Å². The third-order valence-corrected chi connectivity index (χ3v) is 5.95. The molecule has 28 heavy (non-hydrogen) atoms. The highest BCUT2D eigenvalue weighted by molar-refractivity contribution is 6.63. The molecule has 0 aromatic heterocycles. The van der Waals surface area contributed by atoms with Crippen LogP contribution in [0, 0.1) is 12.7 Å². The van der Waals surface area contributed by atoms with E-state index >= 15 is 0 Å². The molecule has 0 fully saturated rings. The van der Waals surface area contributed by atoms with E-state index in [0.29, 0.717) is 13.2 Å². The van der Waals surface area contributed by atoms with Gasteiger partial charge in [-0.2, -0.15) is 0 Å². The molecule has 2 heterocycles. The lowest BCUT2D eigenvalue weighted by molar-refractivity contribution is -0.0935. The fourth-order valence-electron chi connectivity index (χ4n) is 3.54. The van der Waals surface area contributed by atoms with Crippen LogP contribution < -0.4 is 10.9 Å². The number of hydrogen-bond donors (Lipinski definition) is 0. The summed E-state index contributed by atoms with van der Waals surface area (Å²) in [5.74, 6) is -0.266. The third-order valence-electron chi connectivity index (χ3n) is 5.95. The molecule has 0 aliphatic carbocycles. The van der Waals surface area contributed by atoms with Crippen LogP contribution in [-0.4, -0.2) is 25.4 Å². The predicted octanol–water partition coefficient (Wildman–Crippen LogP) is 2.88. The molecule has 4 nitrogen and oxygen atoms in total. The van der Waals surface area contributed by atoms with Crippen LogP contribution in [0.4, 0.5) is 4.39 Å². The van der Waals surface area contributed by atoms with E-state index in [1.807, 2.05) is 27.7 Å². The van der Waals surface area contributed by atoms with Crippen molar-refractivity contribution >= 4 is 25.2 Å². The predicted molar refractivity (Wildman–Crippen MR) is 108 cm³/mol. The van der Waals surface area contributed by atoms with Crippen LogP contribution in [0.5, 0.6) is 0 Å². The Hall–Kier alpha value is -1.66. The Kier molecular flexibility index (Phi) is 4.91. The van der Waals surface area contributed by atoms with Crippen LogP contribution in [0.25, 0.3) is 0 Å². The molecular formula is C21H25B2FO4. The van der Waals surface area contributed by atoms with Crippen LogP contribution >= 0.6 is 0 Å². The second kappa shape index (κ2) is 6.99. The van der Waals surface area contributed by atoms with Crippen molar-refractivity contribution in [2.45, 2.75) is 59.0 Å². The van der Waals surface area contributed by atoms with Crippen LogP contribution in [0.3, 0.4) is 0 Å². The number of rotatable bonds is 5. The van der Waals surface area contributed by atoms with Crippen molar-refractivity contribution in [1.29, 1.82) is 0 Å². The number of fused-ring (bicyclic) bond motifs is 2. The first-order valence-electron chi connectivity index (χ1n) is 9.63. The second-order valence-corrected chi connectivity index (χ2v) is 8.59. The molecule has 2 aromatic carbocycles. The SMILES string of the molecule is Cc1ccc2c(c1)COB2OC(C)(C)C(C)(C)OB1OCc2cc(F)ccc21. The van der Waals surface area contributed by atoms with Gasteiger partial charge in [-0.3, -0.25) is 0 Å². The lowest BCUT2D eigenvalue weighted by atomic mass is 9.74. The summed E-state index contributed by atoms with van der Waals surface area (Å²) in [4.78, 5) is 0. The molecule has 2 aromatic rings. The second-order valence-electron chi connectivity index (χ2n) is 8.59. The van der Waals surface area contributed by atoms with Gasteiger partial charge in [-0.25, -0.2) is 4.39 Å². The number of halogens is 1. The molecule has 0 amide bonds. The third kappa shape index (κ3) is 3.52. The lowest BCUT2D eigenvalue weighted by Crippen LogP contribution is -2.57. The Labute approximate surface area is 166 Å². The molecule has 4 rings (SSSR count). The Bertz CT molecular complexity index is 826. The molecule has 2 aliphatic rings.